The monoisotopic (exact) mass is 270 g/mol. The Morgan fingerprint density at radius 2 is 2.05 bits per heavy atom. The van der Waals surface area contributed by atoms with E-state index in [-0.39, 0.29) is 0 Å². The summed E-state index contributed by atoms with van der Waals surface area (Å²) in [5, 5.41) is 6.59. The molecule has 3 aromatic rings. The maximum absolute atomic E-state index is 5.79. The first kappa shape index (κ1) is 12.0. The van der Waals surface area contributed by atoms with Crippen molar-refractivity contribution in [2.75, 3.05) is 5.73 Å². The largest absolute Gasteiger partial charge is 0.399 e. The summed E-state index contributed by atoms with van der Waals surface area (Å²) in [6.45, 7) is 2.00. The van der Waals surface area contributed by atoms with Gasteiger partial charge < -0.3 is 5.73 Å². The number of nitrogens with two attached hydrogens (primary N) is 1. The fourth-order valence-electron chi connectivity index (χ4n) is 2.02. The molecule has 0 fully saturated rings. The molecule has 0 aliphatic rings. The molecule has 2 N–H and O–H groups in total. The van der Waals surface area contributed by atoms with Crippen LogP contribution in [-0.2, 0) is 7.05 Å². The van der Waals surface area contributed by atoms with Gasteiger partial charge in [0.15, 0.2) is 0 Å². The third-order valence-electron chi connectivity index (χ3n) is 2.90. The number of nitrogen functional groups attached to an aromatic ring is 1. The van der Waals surface area contributed by atoms with Crippen molar-refractivity contribution in [2.45, 2.75) is 16.8 Å². The van der Waals surface area contributed by atoms with Crippen molar-refractivity contribution in [2.24, 2.45) is 7.05 Å². The van der Waals surface area contributed by atoms with E-state index in [0.717, 1.165) is 32.2 Å². The number of aryl methyl sites for hydroxylation is 2. The van der Waals surface area contributed by atoms with E-state index < -0.39 is 0 Å². The summed E-state index contributed by atoms with van der Waals surface area (Å²) in [5.74, 6) is 0. The van der Waals surface area contributed by atoms with Gasteiger partial charge in [-0.3, -0.25) is 9.67 Å². The van der Waals surface area contributed by atoms with Gasteiger partial charge in [-0.05, 0) is 37.3 Å². The fraction of sp³-hybridized carbons (Fsp3) is 0.143. The summed E-state index contributed by atoms with van der Waals surface area (Å²) in [6.07, 6.45) is 1.81. The number of aromatic nitrogens is 3. The highest BCUT2D eigenvalue weighted by molar-refractivity contribution is 7.99. The maximum Gasteiger partial charge on any atom is 0.0987 e. The molecule has 0 unspecified atom stereocenters. The SMILES string of the molecule is Cc1cc(Sc2ccnc3cc(N)ccc23)n(C)n1. The van der Waals surface area contributed by atoms with E-state index in [0.29, 0.717) is 0 Å². The van der Waals surface area contributed by atoms with Crippen LogP contribution in [0.3, 0.4) is 0 Å². The number of rotatable bonds is 2. The third-order valence-corrected chi connectivity index (χ3v) is 4.07. The van der Waals surface area contributed by atoms with Crippen molar-refractivity contribution in [3.63, 3.8) is 0 Å². The first-order valence-corrected chi connectivity index (χ1v) is 6.78. The van der Waals surface area contributed by atoms with Crippen molar-refractivity contribution in [1.29, 1.82) is 0 Å². The summed E-state index contributed by atoms with van der Waals surface area (Å²) in [4.78, 5) is 5.52. The minimum atomic E-state index is 0.735. The number of hydrogen-bond donors (Lipinski definition) is 1. The second kappa shape index (κ2) is 4.59. The molecule has 0 bridgehead atoms. The summed E-state index contributed by atoms with van der Waals surface area (Å²) in [6, 6.07) is 9.92. The van der Waals surface area contributed by atoms with Gasteiger partial charge in [0.2, 0.25) is 0 Å². The second-order valence-corrected chi connectivity index (χ2v) is 5.50. The molecule has 0 amide bonds. The molecule has 4 nitrogen and oxygen atoms in total. The lowest BCUT2D eigenvalue weighted by molar-refractivity contribution is 0.692. The van der Waals surface area contributed by atoms with Gasteiger partial charge in [0.1, 0.15) is 0 Å². The lowest BCUT2D eigenvalue weighted by Gasteiger charge is -2.06. The molecule has 0 aliphatic heterocycles. The number of pyridine rings is 1. The minimum absolute atomic E-state index is 0.735. The zero-order valence-electron chi connectivity index (χ0n) is 10.8. The number of nitrogens with zero attached hydrogens (tertiary/aromatic N) is 3. The average Bonchev–Trinajstić information content (AvgIpc) is 2.68. The van der Waals surface area contributed by atoms with Crippen LogP contribution in [0.1, 0.15) is 5.69 Å². The van der Waals surface area contributed by atoms with E-state index in [2.05, 4.69) is 16.1 Å². The average molecular weight is 270 g/mol. The number of benzene rings is 1. The van der Waals surface area contributed by atoms with E-state index in [9.17, 15) is 0 Å². The van der Waals surface area contributed by atoms with Crippen LogP contribution in [0.25, 0.3) is 10.9 Å². The number of anilines is 1. The van der Waals surface area contributed by atoms with Crippen LogP contribution in [0.2, 0.25) is 0 Å². The topological polar surface area (TPSA) is 56.7 Å². The summed E-state index contributed by atoms with van der Waals surface area (Å²) in [5.41, 5.74) is 8.47. The number of hydrogen-bond acceptors (Lipinski definition) is 4. The first-order valence-electron chi connectivity index (χ1n) is 5.96. The Hall–Kier alpha value is -2.01. The Kier molecular flexibility index (Phi) is 2.91. The highest BCUT2D eigenvalue weighted by Crippen LogP contribution is 2.33. The van der Waals surface area contributed by atoms with Crippen molar-refractivity contribution in [3.8, 4) is 0 Å². The van der Waals surface area contributed by atoms with Crippen molar-refractivity contribution in [1.82, 2.24) is 14.8 Å². The maximum atomic E-state index is 5.79. The third kappa shape index (κ3) is 2.29. The molecule has 0 spiro atoms. The highest BCUT2D eigenvalue weighted by Gasteiger charge is 2.08. The molecular formula is C14H14N4S. The summed E-state index contributed by atoms with van der Waals surface area (Å²) >= 11 is 1.69. The molecule has 0 atom stereocenters. The van der Waals surface area contributed by atoms with Crippen LogP contribution in [0.4, 0.5) is 5.69 Å². The van der Waals surface area contributed by atoms with Gasteiger partial charge in [0, 0.05) is 29.2 Å². The molecule has 3 rings (SSSR count). The second-order valence-electron chi connectivity index (χ2n) is 4.44. The van der Waals surface area contributed by atoms with Crippen LogP contribution in [0.15, 0.2) is 46.5 Å². The molecule has 0 saturated carbocycles. The van der Waals surface area contributed by atoms with Gasteiger partial charge in [-0.15, -0.1) is 0 Å². The zero-order chi connectivity index (χ0) is 13.4. The molecule has 1 aromatic carbocycles. The van der Waals surface area contributed by atoms with Gasteiger partial charge in [0.25, 0.3) is 0 Å². The lowest BCUT2D eigenvalue weighted by Crippen LogP contribution is -1.92. The molecule has 96 valence electrons. The van der Waals surface area contributed by atoms with E-state index in [1.807, 2.05) is 49.1 Å². The van der Waals surface area contributed by atoms with E-state index in [1.54, 1.807) is 11.8 Å². The van der Waals surface area contributed by atoms with Crippen molar-refractivity contribution < 1.29 is 0 Å². The predicted molar refractivity (Wildman–Crippen MR) is 78.2 cm³/mol. The van der Waals surface area contributed by atoms with Gasteiger partial charge in [0.05, 0.1) is 16.2 Å². The van der Waals surface area contributed by atoms with Crippen LogP contribution >= 0.6 is 11.8 Å². The van der Waals surface area contributed by atoms with E-state index in [4.69, 9.17) is 5.73 Å². The Labute approximate surface area is 115 Å². The fourth-order valence-corrected chi connectivity index (χ4v) is 3.06. The van der Waals surface area contributed by atoms with Gasteiger partial charge in [-0.1, -0.05) is 11.8 Å². The molecule has 2 heterocycles. The molecule has 0 aliphatic carbocycles. The van der Waals surface area contributed by atoms with Crippen LogP contribution in [-0.4, -0.2) is 14.8 Å². The molecule has 0 saturated heterocycles. The van der Waals surface area contributed by atoms with Crippen LogP contribution in [0.5, 0.6) is 0 Å². The lowest BCUT2D eigenvalue weighted by atomic mass is 10.2. The normalized spacial score (nSPS) is 11.1. The summed E-state index contributed by atoms with van der Waals surface area (Å²) in [7, 11) is 1.96. The summed E-state index contributed by atoms with van der Waals surface area (Å²) < 4.78 is 1.89. The predicted octanol–water partition coefficient (Wildman–Crippen LogP) is 3.01. The van der Waals surface area contributed by atoms with Crippen LogP contribution < -0.4 is 5.73 Å². The molecule has 19 heavy (non-hydrogen) atoms. The van der Waals surface area contributed by atoms with Crippen LogP contribution in [0, 0.1) is 6.92 Å². The van der Waals surface area contributed by atoms with E-state index in [1.165, 1.54) is 0 Å². The van der Waals surface area contributed by atoms with E-state index >= 15 is 0 Å². The van der Waals surface area contributed by atoms with Crippen molar-refractivity contribution in [3.05, 3.63) is 42.2 Å². The smallest absolute Gasteiger partial charge is 0.0987 e. The zero-order valence-corrected chi connectivity index (χ0v) is 11.6. The molecular weight excluding hydrogens is 256 g/mol. The minimum Gasteiger partial charge on any atom is -0.399 e. The Morgan fingerprint density at radius 1 is 1.21 bits per heavy atom. The highest BCUT2D eigenvalue weighted by atomic mass is 32.2. The quantitative estimate of drug-likeness (QED) is 0.727. The van der Waals surface area contributed by atoms with Gasteiger partial charge in [-0.25, -0.2) is 0 Å². The van der Waals surface area contributed by atoms with Crippen molar-refractivity contribution >= 4 is 28.4 Å². The Morgan fingerprint density at radius 3 is 2.79 bits per heavy atom. The van der Waals surface area contributed by atoms with Gasteiger partial charge in [-0.2, -0.15) is 5.10 Å². The first-order chi connectivity index (χ1) is 9.13. The Bertz CT molecular complexity index is 748. The molecule has 0 radical (unpaired) electrons. The molecule has 5 heteroatoms. The molecule has 2 aromatic heterocycles. The standard InChI is InChI=1S/C14H14N4S/c1-9-7-14(18(2)17-9)19-13-5-6-16-12-8-10(15)3-4-11(12)13/h3-8H,15H2,1-2H3. The number of fused-ring (bicyclic) bond motifs is 1. The Balaban J connectivity index is 2.08. The van der Waals surface area contributed by atoms with Gasteiger partial charge >= 0.3 is 0 Å².